The fourth-order valence-corrected chi connectivity index (χ4v) is 1.29. The van der Waals surface area contributed by atoms with E-state index in [0.717, 1.165) is 0 Å². The second-order valence-corrected chi connectivity index (χ2v) is 4.13. The minimum absolute atomic E-state index is 0.118. The Balaban J connectivity index is 2.61. The van der Waals surface area contributed by atoms with Crippen LogP contribution < -0.4 is 5.32 Å². The number of hydrogen-bond acceptors (Lipinski definition) is 3. The largest absolute Gasteiger partial charge is 0.507 e. The van der Waals surface area contributed by atoms with Crippen molar-refractivity contribution in [3.63, 3.8) is 0 Å². The van der Waals surface area contributed by atoms with Crippen molar-refractivity contribution in [3.8, 4) is 5.75 Å². The van der Waals surface area contributed by atoms with E-state index in [-0.39, 0.29) is 11.3 Å². The molecule has 3 N–H and O–H groups in total. The minimum Gasteiger partial charge on any atom is -0.507 e. The number of benzene rings is 1. The first kappa shape index (κ1) is 13.9. The number of carbonyl (C=O) groups is 1. The van der Waals surface area contributed by atoms with Crippen LogP contribution in [0.25, 0.3) is 0 Å². The number of phenolic OH excluding ortho intramolecular Hbond substituents is 1. The number of hydrogen-bond donors (Lipinski definition) is 3. The van der Waals surface area contributed by atoms with E-state index in [0.29, 0.717) is 4.47 Å². The molecule has 1 rings (SSSR count). The van der Waals surface area contributed by atoms with E-state index >= 15 is 0 Å². The van der Waals surface area contributed by atoms with Gasteiger partial charge in [-0.2, -0.15) is 0 Å². The van der Waals surface area contributed by atoms with Gasteiger partial charge in [0, 0.05) is 12.1 Å². The summed E-state index contributed by atoms with van der Waals surface area (Å²) in [5.74, 6) is -0.778. The number of aliphatic hydroxyl groups is 1. The molecule has 0 aliphatic heterocycles. The lowest BCUT2D eigenvalue weighted by Crippen LogP contribution is -2.35. The summed E-state index contributed by atoms with van der Waals surface area (Å²) in [5.41, 5.74) is 0.118. The second-order valence-electron chi connectivity index (χ2n) is 3.28. The second kappa shape index (κ2) is 5.92. The van der Waals surface area contributed by atoms with Crippen molar-refractivity contribution in [2.24, 2.45) is 0 Å². The fraction of sp³-hybridized carbons (Fsp3) is 0.300. The van der Waals surface area contributed by atoms with E-state index in [1.54, 1.807) is 0 Å². The maximum Gasteiger partial charge on any atom is 0.265 e. The zero-order valence-corrected chi connectivity index (χ0v) is 10.1. The molecule has 1 unspecified atom stereocenters. The van der Waals surface area contributed by atoms with Gasteiger partial charge in [-0.15, -0.1) is 0 Å². The fourth-order valence-electron chi connectivity index (χ4n) is 1.04. The van der Waals surface area contributed by atoms with Gasteiger partial charge in [-0.1, -0.05) is 0 Å². The number of amides is 1. The summed E-state index contributed by atoms with van der Waals surface area (Å²) in [6.45, 7) is -0.548. The van der Waals surface area contributed by atoms with Crippen LogP contribution in [0.2, 0.25) is 0 Å². The third-order valence-electron chi connectivity index (χ3n) is 1.97. The van der Waals surface area contributed by atoms with Crippen LogP contribution in [-0.2, 0) is 0 Å². The van der Waals surface area contributed by atoms with Crippen LogP contribution in [0.1, 0.15) is 10.4 Å². The number of aromatic hydroxyl groups is 1. The summed E-state index contributed by atoms with van der Waals surface area (Å²) in [4.78, 5) is 11.4. The van der Waals surface area contributed by atoms with Crippen LogP contribution in [0.3, 0.4) is 0 Å². The zero-order chi connectivity index (χ0) is 13.0. The lowest BCUT2D eigenvalue weighted by atomic mass is 10.2. The van der Waals surface area contributed by atoms with Crippen LogP contribution in [0, 0.1) is 0 Å². The SMILES string of the molecule is O=C(NCC(O)C(F)F)c1ccc(Br)c(O)c1. The molecule has 0 fully saturated rings. The number of rotatable bonds is 4. The molecule has 0 aromatic heterocycles. The van der Waals surface area contributed by atoms with Crippen LogP contribution in [0.5, 0.6) is 5.75 Å². The van der Waals surface area contributed by atoms with E-state index in [4.69, 9.17) is 5.11 Å². The summed E-state index contributed by atoms with van der Waals surface area (Å²) >= 11 is 3.04. The Morgan fingerprint density at radius 1 is 1.47 bits per heavy atom. The average Bonchev–Trinajstić information content (AvgIpc) is 2.28. The molecule has 0 aliphatic carbocycles. The molecule has 1 aromatic carbocycles. The first-order chi connectivity index (χ1) is 7.91. The predicted octanol–water partition coefficient (Wildman–Crippen LogP) is 1.51. The van der Waals surface area contributed by atoms with E-state index in [1.807, 2.05) is 0 Å². The molecule has 1 amide bonds. The molecule has 0 spiro atoms. The smallest absolute Gasteiger partial charge is 0.265 e. The molecule has 7 heteroatoms. The average molecular weight is 310 g/mol. The third kappa shape index (κ3) is 3.94. The molecule has 1 aromatic rings. The molecule has 1 atom stereocenters. The van der Waals surface area contributed by atoms with Gasteiger partial charge in [-0.3, -0.25) is 4.79 Å². The molecule has 0 bridgehead atoms. The molecule has 94 valence electrons. The molecule has 0 radical (unpaired) electrons. The van der Waals surface area contributed by atoms with Crippen molar-refractivity contribution < 1.29 is 23.8 Å². The Hall–Kier alpha value is -1.21. The van der Waals surface area contributed by atoms with Gasteiger partial charge in [0.25, 0.3) is 12.3 Å². The van der Waals surface area contributed by atoms with E-state index in [1.165, 1.54) is 18.2 Å². The number of alkyl halides is 2. The van der Waals surface area contributed by atoms with Crippen molar-refractivity contribution in [1.29, 1.82) is 0 Å². The Morgan fingerprint density at radius 2 is 2.12 bits per heavy atom. The molecule has 0 aliphatic rings. The Morgan fingerprint density at radius 3 is 2.65 bits per heavy atom. The number of halogens is 3. The highest BCUT2D eigenvalue weighted by Crippen LogP contribution is 2.24. The summed E-state index contributed by atoms with van der Waals surface area (Å²) in [6, 6.07) is 4.05. The summed E-state index contributed by atoms with van der Waals surface area (Å²) in [7, 11) is 0. The number of phenols is 1. The lowest BCUT2D eigenvalue weighted by molar-refractivity contribution is -0.00270. The van der Waals surface area contributed by atoms with Crippen molar-refractivity contribution >= 4 is 21.8 Å². The first-order valence-electron chi connectivity index (χ1n) is 4.64. The quantitative estimate of drug-likeness (QED) is 0.789. The normalized spacial score (nSPS) is 12.5. The highest BCUT2D eigenvalue weighted by Gasteiger charge is 2.18. The molecule has 17 heavy (non-hydrogen) atoms. The zero-order valence-electron chi connectivity index (χ0n) is 8.53. The lowest BCUT2D eigenvalue weighted by Gasteiger charge is -2.10. The van der Waals surface area contributed by atoms with Crippen LogP contribution in [0.15, 0.2) is 22.7 Å². The van der Waals surface area contributed by atoms with Crippen molar-refractivity contribution in [1.82, 2.24) is 5.32 Å². The molecule has 0 saturated carbocycles. The topological polar surface area (TPSA) is 69.6 Å². The van der Waals surface area contributed by atoms with Gasteiger partial charge >= 0.3 is 0 Å². The van der Waals surface area contributed by atoms with Crippen molar-refractivity contribution in [2.75, 3.05) is 6.54 Å². The Kier molecular flexibility index (Phi) is 4.83. The highest BCUT2D eigenvalue weighted by molar-refractivity contribution is 9.10. The Bertz CT molecular complexity index is 415. The molecule has 0 saturated heterocycles. The standard InChI is InChI=1S/C10H10BrF2NO3/c11-6-2-1-5(3-7(6)15)10(17)14-4-8(16)9(12)13/h1-3,8-9,15-16H,4H2,(H,14,17). The number of aliphatic hydroxyl groups excluding tert-OH is 1. The minimum atomic E-state index is -2.91. The highest BCUT2D eigenvalue weighted by atomic mass is 79.9. The molecule has 0 heterocycles. The monoisotopic (exact) mass is 309 g/mol. The van der Waals surface area contributed by atoms with E-state index in [2.05, 4.69) is 21.2 Å². The van der Waals surface area contributed by atoms with Gasteiger partial charge in [0.05, 0.1) is 4.47 Å². The van der Waals surface area contributed by atoms with Crippen LogP contribution in [0.4, 0.5) is 8.78 Å². The van der Waals surface area contributed by atoms with Crippen LogP contribution >= 0.6 is 15.9 Å². The molecular formula is C10H10BrF2NO3. The van der Waals surface area contributed by atoms with Crippen molar-refractivity contribution in [2.45, 2.75) is 12.5 Å². The van der Waals surface area contributed by atoms with Gasteiger partial charge in [0.1, 0.15) is 11.9 Å². The summed E-state index contributed by atoms with van der Waals surface area (Å²) in [5, 5.41) is 20.2. The van der Waals surface area contributed by atoms with Gasteiger partial charge in [0.2, 0.25) is 0 Å². The number of nitrogens with one attached hydrogen (secondary N) is 1. The molecule has 4 nitrogen and oxygen atoms in total. The predicted molar refractivity (Wildman–Crippen MR) is 60.2 cm³/mol. The third-order valence-corrected chi connectivity index (χ3v) is 2.64. The Labute approximate surface area is 104 Å². The van der Waals surface area contributed by atoms with Gasteiger partial charge in [0.15, 0.2) is 0 Å². The first-order valence-corrected chi connectivity index (χ1v) is 5.44. The molecular weight excluding hydrogens is 300 g/mol. The summed E-state index contributed by atoms with van der Waals surface area (Å²) < 4.78 is 24.3. The van der Waals surface area contributed by atoms with Gasteiger partial charge < -0.3 is 15.5 Å². The van der Waals surface area contributed by atoms with Crippen LogP contribution in [-0.4, -0.2) is 35.2 Å². The summed E-state index contributed by atoms with van der Waals surface area (Å²) in [6.07, 6.45) is -4.81. The maximum atomic E-state index is 12.0. The van der Waals surface area contributed by atoms with Crippen molar-refractivity contribution in [3.05, 3.63) is 28.2 Å². The maximum absolute atomic E-state index is 12.0. The van der Waals surface area contributed by atoms with E-state index < -0.39 is 25.0 Å². The van der Waals surface area contributed by atoms with Gasteiger partial charge in [-0.25, -0.2) is 8.78 Å². The van der Waals surface area contributed by atoms with Gasteiger partial charge in [-0.05, 0) is 34.1 Å². The number of carbonyl (C=O) groups excluding carboxylic acids is 1. The van der Waals surface area contributed by atoms with E-state index in [9.17, 15) is 18.7 Å².